The molecule has 3 rings (SSSR count). The number of aryl methyl sites for hydroxylation is 2. The highest BCUT2D eigenvalue weighted by Gasteiger charge is 2.24. The highest BCUT2D eigenvalue weighted by Crippen LogP contribution is 2.33. The second kappa shape index (κ2) is 9.80. The zero-order valence-electron chi connectivity index (χ0n) is 15.3. The maximum Gasteiger partial charge on any atom is 0.264 e. The number of hydrogen-bond acceptors (Lipinski definition) is 5. The van der Waals surface area contributed by atoms with Crippen molar-refractivity contribution in [3.05, 3.63) is 57.5 Å². The summed E-state index contributed by atoms with van der Waals surface area (Å²) in [5.41, 5.74) is 3.88. The van der Waals surface area contributed by atoms with Gasteiger partial charge in [0.15, 0.2) is 11.8 Å². The number of aliphatic imine (C=N–C) groups is 1. The van der Waals surface area contributed by atoms with Crippen LogP contribution in [-0.2, 0) is 4.79 Å². The van der Waals surface area contributed by atoms with Crippen molar-refractivity contribution in [2.75, 3.05) is 6.61 Å². The van der Waals surface area contributed by atoms with E-state index in [-0.39, 0.29) is 12.5 Å². The molecule has 1 aliphatic rings. The first-order chi connectivity index (χ1) is 13.8. The first-order valence-electron chi connectivity index (χ1n) is 8.33. The number of halogens is 3. The fraction of sp³-hybridized carbons (Fsp3) is 0.150. The van der Waals surface area contributed by atoms with E-state index >= 15 is 0 Å². The molecule has 148 valence electrons. The van der Waals surface area contributed by atoms with Crippen molar-refractivity contribution in [1.82, 2.24) is 5.32 Å². The van der Waals surface area contributed by atoms with Gasteiger partial charge in [0, 0.05) is 4.47 Å². The third-order valence-corrected chi connectivity index (χ3v) is 7.67. The molecule has 0 saturated carbocycles. The monoisotopic (exact) mass is 693 g/mol. The molecule has 1 N–H and O–H groups in total. The Labute approximate surface area is 208 Å². The Morgan fingerprint density at radius 3 is 2.45 bits per heavy atom. The number of nitriles is 1. The molecule has 0 atom stereocenters. The molecule has 0 aliphatic carbocycles. The summed E-state index contributed by atoms with van der Waals surface area (Å²) in [6.45, 7) is 4.03. The molecule has 0 aromatic heterocycles. The Morgan fingerprint density at radius 2 is 1.86 bits per heavy atom. The lowest BCUT2D eigenvalue weighted by atomic mass is 10.1. The molecule has 1 heterocycles. The smallest absolute Gasteiger partial charge is 0.264 e. The van der Waals surface area contributed by atoms with Crippen LogP contribution >= 0.6 is 72.9 Å². The zero-order chi connectivity index (χ0) is 21.1. The summed E-state index contributed by atoms with van der Waals surface area (Å²) in [5.74, 6) is 0.510. The van der Waals surface area contributed by atoms with Gasteiger partial charge in [0.2, 0.25) is 0 Å². The molecular formula is C20H14BrI2N3O2S. The van der Waals surface area contributed by atoms with Crippen molar-refractivity contribution in [1.29, 1.82) is 5.26 Å². The number of ether oxygens (including phenoxy) is 1. The topological polar surface area (TPSA) is 74.5 Å². The number of carbonyl (C=O) groups is 1. The third kappa shape index (κ3) is 5.53. The van der Waals surface area contributed by atoms with Crippen molar-refractivity contribution in [2.45, 2.75) is 13.8 Å². The van der Waals surface area contributed by atoms with Crippen LogP contribution in [0.15, 0.2) is 38.6 Å². The van der Waals surface area contributed by atoms with Crippen LogP contribution in [0.25, 0.3) is 6.08 Å². The van der Waals surface area contributed by atoms with Gasteiger partial charge in [-0.25, -0.2) is 4.99 Å². The summed E-state index contributed by atoms with van der Waals surface area (Å²) in [7, 11) is 0. The van der Waals surface area contributed by atoms with Gasteiger partial charge in [0.25, 0.3) is 5.91 Å². The van der Waals surface area contributed by atoms with Crippen LogP contribution in [-0.4, -0.2) is 17.7 Å². The van der Waals surface area contributed by atoms with Gasteiger partial charge in [0.05, 0.1) is 17.7 Å². The number of nitrogens with one attached hydrogen (secondary N) is 1. The van der Waals surface area contributed by atoms with Gasteiger partial charge >= 0.3 is 0 Å². The van der Waals surface area contributed by atoms with E-state index < -0.39 is 0 Å². The maximum absolute atomic E-state index is 12.4. The molecular weight excluding hydrogens is 680 g/mol. The summed E-state index contributed by atoms with van der Waals surface area (Å²) >= 11 is 9.20. The quantitative estimate of drug-likeness (QED) is 0.312. The van der Waals surface area contributed by atoms with Crippen LogP contribution in [0.4, 0.5) is 5.69 Å². The second-order valence-electron chi connectivity index (χ2n) is 6.14. The third-order valence-electron chi connectivity index (χ3n) is 3.90. The molecule has 2 aromatic carbocycles. The summed E-state index contributed by atoms with van der Waals surface area (Å²) in [6, 6.07) is 9.77. The summed E-state index contributed by atoms with van der Waals surface area (Å²) in [4.78, 5) is 17.5. The molecule has 29 heavy (non-hydrogen) atoms. The van der Waals surface area contributed by atoms with Gasteiger partial charge < -0.3 is 10.1 Å². The number of nitrogens with zero attached hydrogens (tertiary/aromatic N) is 2. The maximum atomic E-state index is 12.4. The molecule has 9 heteroatoms. The van der Waals surface area contributed by atoms with Crippen molar-refractivity contribution >= 4 is 95.7 Å². The van der Waals surface area contributed by atoms with E-state index in [1.54, 1.807) is 0 Å². The normalized spacial score (nSPS) is 16.2. The van der Waals surface area contributed by atoms with E-state index in [0.29, 0.717) is 15.8 Å². The number of rotatable bonds is 4. The van der Waals surface area contributed by atoms with Gasteiger partial charge in [-0.05, 0) is 118 Å². The highest BCUT2D eigenvalue weighted by molar-refractivity contribution is 14.1. The van der Waals surface area contributed by atoms with Gasteiger partial charge in [-0.3, -0.25) is 4.79 Å². The van der Waals surface area contributed by atoms with Gasteiger partial charge in [0.1, 0.15) is 11.8 Å². The first kappa shape index (κ1) is 22.6. The minimum Gasteiger partial charge on any atom is -0.477 e. The summed E-state index contributed by atoms with van der Waals surface area (Å²) in [5, 5.41) is 12.1. The molecule has 1 aliphatic heterocycles. The number of amidine groups is 1. The Kier molecular flexibility index (Phi) is 7.63. The number of thioether (sulfide) groups is 1. The summed E-state index contributed by atoms with van der Waals surface area (Å²) in [6.07, 6.45) is 1.83. The SMILES string of the molecule is Cc1cc(N=C2NC(=O)/C(=C/c3cc(I)c(OCC#N)c(I)c3)S2)cc(C)c1Br. The molecule has 1 amide bonds. The van der Waals surface area contributed by atoms with Crippen LogP contribution in [0.5, 0.6) is 5.75 Å². The van der Waals surface area contributed by atoms with E-state index in [9.17, 15) is 4.79 Å². The van der Waals surface area contributed by atoms with Crippen molar-refractivity contribution < 1.29 is 9.53 Å². The van der Waals surface area contributed by atoms with Crippen molar-refractivity contribution in [3.63, 3.8) is 0 Å². The highest BCUT2D eigenvalue weighted by atomic mass is 127. The van der Waals surface area contributed by atoms with Crippen molar-refractivity contribution in [2.24, 2.45) is 4.99 Å². The van der Waals surface area contributed by atoms with Crippen LogP contribution < -0.4 is 10.1 Å². The van der Waals surface area contributed by atoms with Gasteiger partial charge in [-0.1, -0.05) is 15.9 Å². The average Bonchev–Trinajstić information content (AvgIpc) is 2.98. The molecule has 1 fully saturated rings. The summed E-state index contributed by atoms with van der Waals surface area (Å²) < 4.78 is 8.30. The molecule has 1 saturated heterocycles. The minimum atomic E-state index is -0.172. The molecule has 5 nitrogen and oxygen atoms in total. The molecule has 2 aromatic rings. The fourth-order valence-corrected chi connectivity index (χ4v) is 5.84. The molecule has 0 spiro atoms. The fourth-order valence-electron chi connectivity index (χ4n) is 2.64. The lowest BCUT2D eigenvalue weighted by molar-refractivity contribution is -0.115. The van der Waals surface area contributed by atoms with Crippen LogP contribution in [0.2, 0.25) is 0 Å². The predicted molar refractivity (Wildman–Crippen MR) is 137 cm³/mol. The lowest BCUT2D eigenvalue weighted by Crippen LogP contribution is -2.19. The number of benzene rings is 2. The molecule has 0 bridgehead atoms. The van der Waals surface area contributed by atoms with E-state index in [2.05, 4.69) is 71.4 Å². The number of hydrogen-bond donors (Lipinski definition) is 1. The van der Waals surface area contributed by atoms with Crippen LogP contribution in [0.3, 0.4) is 0 Å². The van der Waals surface area contributed by atoms with Gasteiger partial charge in [-0.2, -0.15) is 5.26 Å². The minimum absolute atomic E-state index is 0.000469. The second-order valence-corrected chi connectivity index (χ2v) is 10.3. The van der Waals surface area contributed by atoms with E-state index in [1.807, 2.05) is 50.3 Å². The van der Waals surface area contributed by atoms with Crippen LogP contribution in [0, 0.1) is 32.3 Å². The van der Waals surface area contributed by atoms with Crippen LogP contribution in [0.1, 0.15) is 16.7 Å². The average molecular weight is 694 g/mol. The predicted octanol–water partition coefficient (Wildman–Crippen LogP) is 6.07. The lowest BCUT2D eigenvalue weighted by Gasteiger charge is -2.08. The van der Waals surface area contributed by atoms with E-state index in [1.165, 1.54) is 11.8 Å². The first-order valence-corrected chi connectivity index (χ1v) is 12.1. The Balaban J connectivity index is 1.85. The molecule has 0 radical (unpaired) electrons. The van der Waals surface area contributed by atoms with E-state index in [4.69, 9.17) is 10.00 Å². The standard InChI is InChI=1S/C20H14BrI2N3O2S/c1-10-5-13(6-11(2)17(10)21)25-20-26-19(27)16(29-20)9-12-7-14(22)18(15(23)8-12)28-4-3-24/h5-9H,4H2,1-2H3,(H,25,26,27)/b16-9-. The van der Waals surface area contributed by atoms with Gasteiger partial charge in [-0.15, -0.1) is 0 Å². The number of amides is 1. The van der Waals surface area contributed by atoms with E-state index in [0.717, 1.165) is 34.0 Å². The molecule has 0 unspecified atom stereocenters. The Bertz CT molecular complexity index is 1060. The number of carbonyl (C=O) groups excluding carboxylic acids is 1. The Morgan fingerprint density at radius 1 is 1.24 bits per heavy atom. The van der Waals surface area contributed by atoms with Crippen molar-refractivity contribution in [3.8, 4) is 11.8 Å². The zero-order valence-corrected chi connectivity index (χ0v) is 22.1. The largest absolute Gasteiger partial charge is 0.477 e. The Hall–Kier alpha value is -1.10.